The number of benzene rings is 1. The monoisotopic (exact) mass is 473 g/mol. The molecule has 1 saturated carbocycles. The van der Waals surface area contributed by atoms with E-state index in [1.54, 1.807) is 21.8 Å². The average molecular weight is 473 g/mol. The van der Waals surface area contributed by atoms with E-state index in [4.69, 9.17) is 9.26 Å². The first-order valence-corrected chi connectivity index (χ1v) is 11.4. The Labute approximate surface area is 200 Å². The van der Waals surface area contributed by atoms with Crippen molar-refractivity contribution in [3.8, 4) is 11.4 Å². The number of aromatic nitrogens is 5. The van der Waals surface area contributed by atoms with Crippen molar-refractivity contribution in [1.82, 2.24) is 29.6 Å². The fourth-order valence-electron chi connectivity index (χ4n) is 4.18. The van der Waals surface area contributed by atoms with Crippen LogP contribution in [0.5, 0.6) is 0 Å². The number of aryl methyl sites for hydroxylation is 1. The van der Waals surface area contributed by atoms with Crippen LogP contribution in [-0.4, -0.2) is 61.8 Å². The molecule has 4 heterocycles. The predicted octanol–water partition coefficient (Wildman–Crippen LogP) is 3.38. The quantitative estimate of drug-likeness (QED) is 0.467. The van der Waals surface area contributed by atoms with E-state index in [2.05, 4.69) is 25.5 Å². The smallest absolute Gasteiger partial charge is 0.409 e. The zero-order chi connectivity index (χ0) is 24.1. The number of anilines is 1. The van der Waals surface area contributed by atoms with E-state index in [0.29, 0.717) is 53.1 Å². The minimum atomic E-state index is -0.370. The van der Waals surface area contributed by atoms with Crippen LogP contribution in [0.1, 0.15) is 52.2 Å². The summed E-state index contributed by atoms with van der Waals surface area (Å²) in [6, 6.07) is 5.58. The van der Waals surface area contributed by atoms with Gasteiger partial charge < -0.3 is 19.5 Å². The fraction of sp³-hybridized carbons (Fsp3) is 0.333. The van der Waals surface area contributed by atoms with Crippen molar-refractivity contribution in [2.24, 2.45) is 0 Å². The number of nitrogens with zero attached hydrogens (tertiary/aromatic N) is 6. The minimum absolute atomic E-state index is 0.0235. The number of nitrogens with one attached hydrogen (secondary N) is 1. The van der Waals surface area contributed by atoms with Crippen LogP contribution in [0.15, 0.2) is 41.3 Å². The van der Waals surface area contributed by atoms with Crippen LogP contribution in [0, 0.1) is 6.92 Å². The van der Waals surface area contributed by atoms with E-state index in [0.717, 1.165) is 24.1 Å². The molecule has 0 spiro atoms. The second-order valence-electron chi connectivity index (χ2n) is 8.99. The molecule has 2 amide bonds. The maximum Gasteiger partial charge on any atom is 0.409 e. The van der Waals surface area contributed by atoms with Gasteiger partial charge in [-0.05, 0) is 31.4 Å². The Kier molecular flexibility index (Phi) is 4.97. The summed E-state index contributed by atoms with van der Waals surface area (Å²) in [7, 11) is 1.35. The van der Waals surface area contributed by atoms with Crippen LogP contribution in [0.25, 0.3) is 16.9 Å². The van der Waals surface area contributed by atoms with Gasteiger partial charge in [0.2, 0.25) is 11.7 Å². The standard InChI is InChI=1S/C24H23N7O4/c1-13-3-4-15(21-28-23(35-29-21)16-10-30(11-16)24(33)34-2)7-18(13)27-22(32)17-8-26-31-12-19(14-5-6-14)25-9-20(17)31/h3-4,7-9,12,14,16H,5-6,10-11H2,1-2H3,(H,27,32). The van der Waals surface area contributed by atoms with Gasteiger partial charge in [-0.3, -0.25) is 9.78 Å². The second kappa shape index (κ2) is 8.19. The second-order valence-corrected chi connectivity index (χ2v) is 8.99. The Balaban J connectivity index is 1.19. The summed E-state index contributed by atoms with van der Waals surface area (Å²) in [6.07, 6.45) is 7.10. The van der Waals surface area contributed by atoms with Gasteiger partial charge in [0, 0.05) is 30.3 Å². The van der Waals surface area contributed by atoms with Gasteiger partial charge in [0.15, 0.2) is 0 Å². The van der Waals surface area contributed by atoms with Gasteiger partial charge in [0.05, 0.1) is 48.4 Å². The summed E-state index contributed by atoms with van der Waals surface area (Å²) in [5, 5.41) is 11.4. The van der Waals surface area contributed by atoms with Gasteiger partial charge in [-0.15, -0.1) is 0 Å². The van der Waals surface area contributed by atoms with Crippen LogP contribution in [0.3, 0.4) is 0 Å². The molecular formula is C24H23N7O4. The summed E-state index contributed by atoms with van der Waals surface area (Å²) in [5.41, 5.74) is 4.36. The molecule has 4 aromatic rings. The summed E-state index contributed by atoms with van der Waals surface area (Å²) >= 11 is 0. The van der Waals surface area contributed by atoms with E-state index in [9.17, 15) is 9.59 Å². The van der Waals surface area contributed by atoms with Crippen LogP contribution in [-0.2, 0) is 4.74 Å². The van der Waals surface area contributed by atoms with Crippen molar-refractivity contribution < 1.29 is 18.8 Å². The number of hydrogen-bond acceptors (Lipinski definition) is 8. The van der Waals surface area contributed by atoms with Crippen LogP contribution < -0.4 is 5.32 Å². The van der Waals surface area contributed by atoms with Gasteiger partial charge in [0.1, 0.15) is 0 Å². The lowest BCUT2D eigenvalue weighted by molar-refractivity contribution is 0.0804. The van der Waals surface area contributed by atoms with Crippen molar-refractivity contribution in [2.75, 3.05) is 25.5 Å². The number of hydrogen-bond donors (Lipinski definition) is 1. The number of likely N-dealkylation sites (tertiary alicyclic amines) is 1. The number of carbonyl (C=O) groups excluding carboxylic acids is 2. The third-order valence-corrected chi connectivity index (χ3v) is 6.51. The maximum absolute atomic E-state index is 13.1. The van der Waals surface area contributed by atoms with Crippen molar-refractivity contribution in [1.29, 1.82) is 0 Å². The first-order valence-electron chi connectivity index (χ1n) is 11.4. The van der Waals surface area contributed by atoms with Gasteiger partial charge >= 0.3 is 6.09 Å². The molecule has 1 aromatic carbocycles. The predicted molar refractivity (Wildman–Crippen MR) is 124 cm³/mol. The third kappa shape index (κ3) is 3.88. The Morgan fingerprint density at radius 1 is 1.17 bits per heavy atom. The Morgan fingerprint density at radius 3 is 2.77 bits per heavy atom. The van der Waals surface area contributed by atoms with Gasteiger partial charge in [-0.2, -0.15) is 10.1 Å². The van der Waals surface area contributed by atoms with Crippen LogP contribution in [0.2, 0.25) is 0 Å². The third-order valence-electron chi connectivity index (χ3n) is 6.51. The SMILES string of the molecule is COC(=O)N1CC(c2nc(-c3ccc(C)c(NC(=O)c4cnn5cc(C6CC6)ncc45)c3)no2)C1. The van der Waals surface area contributed by atoms with Gasteiger partial charge in [-0.1, -0.05) is 17.3 Å². The highest BCUT2D eigenvalue weighted by Gasteiger charge is 2.36. The van der Waals surface area contributed by atoms with E-state index in [1.165, 1.54) is 7.11 Å². The highest BCUT2D eigenvalue weighted by atomic mass is 16.5. The Morgan fingerprint density at radius 2 is 2.00 bits per heavy atom. The van der Waals surface area contributed by atoms with E-state index >= 15 is 0 Å². The van der Waals surface area contributed by atoms with Crippen LogP contribution >= 0.6 is 0 Å². The highest BCUT2D eigenvalue weighted by molar-refractivity contribution is 6.09. The highest BCUT2D eigenvalue weighted by Crippen LogP contribution is 2.38. The van der Waals surface area contributed by atoms with Gasteiger partial charge in [0.25, 0.3) is 5.91 Å². The van der Waals surface area contributed by atoms with Crippen molar-refractivity contribution in [3.63, 3.8) is 0 Å². The summed E-state index contributed by atoms with van der Waals surface area (Å²) in [5.74, 6) is 1.10. The molecule has 1 aliphatic heterocycles. The lowest BCUT2D eigenvalue weighted by atomic mass is 10.0. The van der Waals surface area contributed by atoms with E-state index in [-0.39, 0.29) is 17.9 Å². The molecule has 178 valence electrons. The average Bonchev–Trinajstić information content (AvgIpc) is 3.42. The Bertz CT molecular complexity index is 1450. The molecule has 3 aromatic heterocycles. The molecule has 1 N–H and O–H groups in total. The molecule has 11 heteroatoms. The van der Waals surface area contributed by atoms with Crippen molar-refractivity contribution in [3.05, 3.63) is 59.5 Å². The molecule has 0 unspecified atom stereocenters. The number of methoxy groups -OCH3 is 1. The molecule has 11 nitrogen and oxygen atoms in total. The number of carbonyl (C=O) groups is 2. The lowest BCUT2D eigenvalue weighted by Crippen LogP contribution is -2.48. The van der Waals surface area contributed by atoms with Crippen LogP contribution in [0.4, 0.5) is 10.5 Å². The molecule has 1 aliphatic carbocycles. The number of fused-ring (bicyclic) bond motifs is 1. The molecule has 0 radical (unpaired) electrons. The summed E-state index contributed by atoms with van der Waals surface area (Å²) in [6.45, 7) is 2.86. The normalized spacial score (nSPS) is 15.8. The van der Waals surface area contributed by atoms with Crippen molar-refractivity contribution in [2.45, 2.75) is 31.6 Å². The van der Waals surface area contributed by atoms with Gasteiger partial charge in [-0.25, -0.2) is 9.31 Å². The first kappa shape index (κ1) is 21.3. The van der Waals surface area contributed by atoms with E-state index in [1.807, 2.05) is 31.3 Å². The maximum atomic E-state index is 13.1. The summed E-state index contributed by atoms with van der Waals surface area (Å²) in [4.78, 5) is 35.2. The molecular weight excluding hydrogens is 450 g/mol. The number of rotatable bonds is 5. The molecule has 1 saturated heterocycles. The topological polar surface area (TPSA) is 128 Å². The fourth-order valence-corrected chi connectivity index (χ4v) is 4.18. The first-order chi connectivity index (χ1) is 17.0. The molecule has 0 bridgehead atoms. The van der Waals surface area contributed by atoms with E-state index < -0.39 is 0 Å². The zero-order valence-corrected chi connectivity index (χ0v) is 19.3. The largest absolute Gasteiger partial charge is 0.453 e. The summed E-state index contributed by atoms with van der Waals surface area (Å²) < 4.78 is 11.9. The Hall–Kier alpha value is -4.28. The molecule has 2 fully saturated rings. The molecule has 2 aliphatic rings. The lowest BCUT2D eigenvalue weighted by Gasteiger charge is -2.35. The van der Waals surface area contributed by atoms with Crippen molar-refractivity contribution >= 4 is 23.2 Å². The zero-order valence-electron chi connectivity index (χ0n) is 19.3. The minimum Gasteiger partial charge on any atom is -0.453 e. The molecule has 35 heavy (non-hydrogen) atoms. The molecule has 0 atom stereocenters. The molecule has 6 rings (SSSR count). The number of amides is 2. The number of ether oxygens (including phenoxy) is 1.